The second-order valence-electron chi connectivity index (χ2n) is 4.70. The number of amides is 1. The number of aromatic nitrogens is 1. The van der Waals surface area contributed by atoms with Crippen LogP contribution in [-0.2, 0) is 6.54 Å². The fraction of sp³-hybridized carbons (Fsp3) is 0.0588. The maximum Gasteiger partial charge on any atom is 0.278 e. The number of thiazole rings is 1. The SMILES string of the molecule is O=C(NCc1ccccc1Cl)c1ccc(Oc2nccs2)cc1. The minimum Gasteiger partial charge on any atom is -0.431 e. The normalized spacial score (nSPS) is 10.3. The number of hydrogen-bond acceptors (Lipinski definition) is 4. The Bertz CT molecular complexity index is 789. The van der Waals surface area contributed by atoms with Gasteiger partial charge in [0, 0.05) is 28.7 Å². The van der Waals surface area contributed by atoms with Crippen molar-refractivity contribution in [2.45, 2.75) is 6.54 Å². The summed E-state index contributed by atoms with van der Waals surface area (Å²) in [5, 5.41) is 5.89. The van der Waals surface area contributed by atoms with Gasteiger partial charge in [0.25, 0.3) is 11.1 Å². The molecule has 6 heteroatoms. The van der Waals surface area contributed by atoms with Crippen molar-refractivity contribution in [2.75, 3.05) is 0 Å². The van der Waals surface area contributed by atoms with Crippen molar-refractivity contribution in [3.05, 3.63) is 76.3 Å². The summed E-state index contributed by atoms with van der Waals surface area (Å²) in [6.07, 6.45) is 1.68. The van der Waals surface area contributed by atoms with E-state index in [1.54, 1.807) is 36.5 Å². The average molecular weight is 345 g/mol. The van der Waals surface area contributed by atoms with E-state index >= 15 is 0 Å². The highest BCUT2D eigenvalue weighted by Gasteiger charge is 2.07. The van der Waals surface area contributed by atoms with E-state index < -0.39 is 0 Å². The summed E-state index contributed by atoms with van der Waals surface area (Å²) in [5.74, 6) is 0.480. The molecule has 1 aromatic heterocycles. The molecule has 0 aliphatic carbocycles. The maximum absolute atomic E-state index is 12.2. The van der Waals surface area contributed by atoms with Crippen LogP contribution in [0.25, 0.3) is 0 Å². The molecule has 1 N–H and O–H groups in total. The van der Waals surface area contributed by atoms with Crippen molar-refractivity contribution in [3.63, 3.8) is 0 Å². The predicted molar refractivity (Wildman–Crippen MR) is 91.3 cm³/mol. The molecule has 0 fully saturated rings. The van der Waals surface area contributed by atoms with Crippen LogP contribution < -0.4 is 10.1 Å². The number of halogens is 1. The topological polar surface area (TPSA) is 51.2 Å². The summed E-state index contributed by atoms with van der Waals surface area (Å²) in [4.78, 5) is 16.2. The molecule has 0 saturated carbocycles. The summed E-state index contributed by atoms with van der Waals surface area (Å²) in [6.45, 7) is 0.385. The van der Waals surface area contributed by atoms with Crippen molar-refractivity contribution in [3.8, 4) is 10.9 Å². The van der Waals surface area contributed by atoms with E-state index in [-0.39, 0.29) is 5.91 Å². The zero-order valence-electron chi connectivity index (χ0n) is 12.0. The van der Waals surface area contributed by atoms with Crippen molar-refractivity contribution in [1.29, 1.82) is 0 Å². The lowest BCUT2D eigenvalue weighted by atomic mass is 10.2. The van der Waals surface area contributed by atoms with Crippen LogP contribution in [0.5, 0.6) is 10.9 Å². The smallest absolute Gasteiger partial charge is 0.278 e. The first-order chi connectivity index (χ1) is 11.2. The fourth-order valence-corrected chi connectivity index (χ4v) is 2.66. The molecule has 0 saturated heterocycles. The molecular formula is C17H13ClN2O2S. The van der Waals surface area contributed by atoms with E-state index in [0.29, 0.717) is 28.1 Å². The zero-order chi connectivity index (χ0) is 16.1. The largest absolute Gasteiger partial charge is 0.431 e. The van der Waals surface area contributed by atoms with E-state index in [1.165, 1.54) is 11.3 Å². The van der Waals surface area contributed by atoms with Crippen molar-refractivity contribution in [1.82, 2.24) is 10.3 Å². The molecule has 0 aliphatic rings. The highest BCUT2D eigenvalue weighted by atomic mass is 35.5. The van der Waals surface area contributed by atoms with Crippen LogP contribution in [-0.4, -0.2) is 10.9 Å². The molecule has 0 spiro atoms. The number of carbonyl (C=O) groups is 1. The first-order valence-corrected chi connectivity index (χ1v) is 8.17. The maximum atomic E-state index is 12.2. The number of nitrogens with one attached hydrogen (secondary N) is 1. The molecule has 1 amide bonds. The van der Waals surface area contributed by atoms with E-state index in [1.807, 2.05) is 23.6 Å². The molecule has 0 unspecified atom stereocenters. The molecule has 0 bridgehead atoms. The Morgan fingerprint density at radius 1 is 1.17 bits per heavy atom. The van der Waals surface area contributed by atoms with Gasteiger partial charge in [-0.05, 0) is 35.9 Å². The Labute approximate surface area is 142 Å². The number of ether oxygens (including phenoxy) is 1. The average Bonchev–Trinajstić information content (AvgIpc) is 3.07. The van der Waals surface area contributed by atoms with Gasteiger partial charge in [0.15, 0.2) is 0 Å². The highest BCUT2D eigenvalue weighted by Crippen LogP contribution is 2.23. The summed E-state index contributed by atoms with van der Waals surface area (Å²) in [7, 11) is 0. The second kappa shape index (κ2) is 7.26. The Kier molecular flexibility index (Phi) is 4.90. The zero-order valence-corrected chi connectivity index (χ0v) is 13.6. The number of rotatable bonds is 5. The van der Waals surface area contributed by atoms with Crippen LogP contribution in [0.1, 0.15) is 15.9 Å². The van der Waals surface area contributed by atoms with Gasteiger partial charge in [-0.1, -0.05) is 41.1 Å². The molecular weight excluding hydrogens is 332 g/mol. The van der Waals surface area contributed by atoms with Gasteiger partial charge in [0.05, 0.1) is 0 Å². The van der Waals surface area contributed by atoms with Gasteiger partial charge in [-0.3, -0.25) is 4.79 Å². The molecule has 3 aromatic rings. The lowest BCUT2D eigenvalue weighted by Gasteiger charge is -2.07. The van der Waals surface area contributed by atoms with Gasteiger partial charge in [0.1, 0.15) is 5.75 Å². The monoisotopic (exact) mass is 344 g/mol. The fourth-order valence-electron chi connectivity index (χ4n) is 1.96. The van der Waals surface area contributed by atoms with Crippen LogP contribution in [0.4, 0.5) is 0 Å². The number of carbonyl (C=O) groups excluding carboxylic acids is 1. The molecule has 2 aromatic carbocycles. The van der Waals surface area contributed by atoms with Crippen molar-refractivity contribution in [2.24, 2.45) is 0 Å². The molecule has 0 radical (unpaired) electrons. The summed E-state index contributed by atoms with van der Waals surface area (Å²) in [5.41, 5.74) is 1.44. The van der Waals surface area contributed by atoms with Crippen LogP contribution in [0.3, 0.4) is 0 Å². The molecule has 116 valence electrons. The summed E-state index contributed by atoms with van der Waals surface area (Å²) >= 11 is 7.48. The van der Waals surface area contributed by atoms with Gasteiger partial charge in [-0.25, -0.2) is 4.98 Å². The van der Waals surface area contributed by atoms with Gasteiger partial charge in [-0.2, -0.15) is 0 Å². The highest BCUT2D eigenvalue weighted by molar-refractivity contribution is 7.11. The van der Waals surface area contributed by atoms with E-state index in [4.69, 9.17) is 16.3 Å². The summed E-state index contributed by atoms with van der Waals surface area (Å²) < 4.78 is 5.56. The third-order valence-corrected chi connectivity index (χ3v) is 4.15. The lowest BCUT2D eigenvalue weighted by Crippen LogP contribution is -2.22. The third kappa shape index (κ3) is 4.09. The van der Waals surface area contributed by atoms with Crippen LogP contribution in [0.2, 0.25) is 5.02 Å². The number of benzene rings is 2. The molecule has 23 heavy (non-hydrogen) atoms. The van der Waals surface area contributed by atoms with Gasteiger partial charge in [-0.15, -0.1) is 0 Å². The minimum atomic E-state index is -0.161. The summed E-state index contributed by atoms with van der Waals surface area (Å²) in [6, 6.07) is 14.3. The second-order valence-corrected chi connectivity index (χ2v) is 5.96. The third-order valence-electron chi connectivity index (χ3n) is 3.13. The Morgan fingerprint density at radius 3 is 2.65 bits per heavy atom. The van der Waals surface area contributed by atoms with Crippen molar-refractivity contribution >= 4 is 28.8 Å². The Hall–Kier alpha value is -2.37. The van der Waals surface area contributed by atoms with Crippen LogP contribution in [0.15, 0.2) is 60.1 Å². The first kappa shape index (κ1) is 15.5. The predicted octanol–water partition coefficient (Wildman–Crippen LogP) is 4.52. The number of nitrogens with zero attached hydrogens (tertiary/aromatic N) is 1. The lowest BCUT2D eigenvalue weighted by molar-refractivity contribution is 0.0951. The Morgan fingerprint density at radius 2 is 1.96 bits per heavy atom. The minimum absolute atomic E-state index is 0.161. The molecule has 3 rings (SSSR count). The van der Waals surface area contributed by atoms with E-state index in [9.17, 15) is 4.79 Å². The molecule has 0 atom stereocenters. The Balaban J connectivity index is 1.60. The molecule has 4 nitrogen and oxygen atoms in total. The van der Waals surface area contributed by atoms with Crippen LogP contribution in [0, 0.1) is 0 Å². The van der Waals surface area contributed by atoms with Gasteiger partial charge >= 0.3 is 0 Å². The molecule has 0 aliphatic heterocycles. The van der Waals surface area contributed by atoms with Crippen LogP contribution >= 0.6 is 22.9 Å². The van der Waals surface area contributed by atoms with E-state index in [0.717, 1.165) is 5.56 Å². The number of hydrogen-bond donors (Lipinski definition) is 1. The molecule has 1 heterocycles. The quantitative estimate of drug-likeness (QED) is 0.740. The standard InChI is InChI=1S/C17H13ClN2O2S/c18-15-4-2-1-3-13(15)11-20-16(21)12-5-7-14(8-6-12)22-17-19-9-10-23-17/h1-10H,11H2,(H,20,21). The van der Waals surface area contributed by atoms with E-state index in [2.05, 4.69) is 10.3 Å². The van der Waals surface area contributed by atoms with Gasteiger partial charge in [0.2, 0.25) is 0 Å². The first-order valence-electron chi connectivity index (χ1n) is 6.91. The van der Waals surface area contributed by atoms with Gasteiger partial charge < -0.3 is 10.1 Å². The van der Waals surface area contributed by atoms with Crippen molar-refractivity contribution < 1.29 is 9.53 Å².